The molecule has 0 bridgehead atoms. The zero-order chi connectivity index (χ0) is 11.9. The van der Waals surface area contributed by atoms with Gasteiger partial charge in [-0.1, -0.05) is 0 Å². The summed E-state index contributed by atoms with van der Waals surface area (Å²) in [6.45, 7) is 0. The maximum atomic E-state index is 5.72. The number of rotatable bonds is 1. The normalized spacial score (nSPS) is 11.3. The van der Waals surface area contributed by atoms with Crippen LogP contribution >= 0.6 is 0 Å². The van der Waals surface area contributed by atoms with Gasteiger partial charge >= 0.3 is 0 Å². The molecule has 0 amide bonds. The number of fused-ring (bicyclic) bond motifs is 2. The zero-order valence-corrected chi connectivity index (χ0v) is 9.32. The molecular weight excluding hydrogens is 228 g/mol. The van der Waals surface area contributed by atoms with Gasteiger partial charge in [-0.15, -0.1) is 0 Å². The van der Waals surface area contributed by atoms with E-state index in [2.05, 4.69) is 15.1 Å². The van der Waals surface area contributed by atoms with Crippen LogP contribution < -0.4 is 0 Å². The highest BCUT2D eigenvalue weighted by molar-refractivity contribution is 5.81. The Morgan fingerprint density at radius 3 is 3.06 bits per heavy atom. The van der Waals surface area contributed by atoms with E-state index in [9.17, 15) is 0 Å². The second-order valence-electron chi connectivity index (χ2n) is 3.97. The minimum absolute atomic E-state index is 0.730. The fourth-order valence-corrected chi connectivity index (χ4v) is 1.96. The van der Waals surface area contributed by atoms with Gasteiger partial charge in [-0.3, -0.25) is 4.98 Å². The summed E-state index contributed by atoms with van der Waals surface area (Å²) in [7, 11) is 0. The van der Waals surface area contributed by atoms with Gasteiger partial charge in [0, 0.05) is 24.0 Å². The van der Waals surface area contributed by atoms with Crippen molar-refractivity contribution in [3.8, 4) is 11.5 Å². The first-order chi connectivity index (χ1) is 8.90. The van der Waals surface area contributed by atoms with E-state index in [-0.39, 0.29) is 0 Å². The first-order valence-corrected chi connectivity index (χ1v) is 5.54. The third-order valence-electron chi connectivity index (χ3n) is 2.83. The Labute approximate surface area is 102 Å². The number of hydrogen-bond donors (Lipinski definition) is 0. The van der Waals surface area contributed by atoms with E-state index in [1.54, 1.807) is 23.1 Å². The van der Waals surface area contributed by atoms with Gasteiger partial charge < -0.3 is 4.42 Å². The molecule has 0 fully saturated rings. The molecule has 0 aliphatic heterocycles. The molecule has 0 unspecified atom stereocenters. The van der Waals surface area contributed by atoms with Gasteiger partial charge in [0.05, 0.1) is 6.20 Å². The molecule has 0 saturated heterocycles. The van der Waals surface area contributed by atoms with E-state index in [1.165, 1.54) is 0 Å². The molecule has 18 heavy (non-hydrogen) atoms. The molecular formula is C13H8N4O. The lowest BCUT2D eigenvalue weighted by atomic mass is 10.2. The Bertz CT molecular complexity index is 813. The average Bonchev–Trinajstić information content (AvgIpc) is 3.04. The Hall–Kier alpha value is -2.69. The molecule has 0 aromatic carbocycles. The van der Waals surface area contributed by atoms with Crippen LogP contribution in [0.15, 0.2) is 53.5 Å². The first-order valence-electron chi connectivity index (χ1n) is 5.54. The van der Waals surface area contributed by atoms with Crippen LogP contribution in [-0.2, 0) is 0 Å². The summed E-state index contributed by atoms with van der Waals surface area (Å²) in [5, 5.41) is 5.46. The summed E-state index contributed by atoms with van der Waals surface area (Å²) in [5.74, 6) is 0.730. The minimum atomic E-state index is 0.730. The molecule has 4 rings (SSSR count). The predicted molar refractivity (Wildman–Crippen MR) is 66.0 cm³/mol. The van der Waals surface area contributed by atoms with Crippen LogP contribution in [0.2, 0.25) is 0 Å². The number of hydrogen-bond acceptors (Lipinski definition) is 4. The lowest BCUT2D eigenvalue weighted by Crippen LogP contribution is -1.91. The van der Waals surface area contributed by atoms with Crippen molar-refractivity contribution in [2.45, 2.75) is 0 Å². The van der Waals surface area contributed by atoms with Crippen LogP contribution in [0.4, 0.5) is 0 Å². The number of nitrogens with zero attached hydrogens (tertiary/aromatic N) is 4. The van der Waals surface area contributed by atoms with E-state index < -0.39 is 0 Å². The van der Waals surface area contributed by atoms with E-state index in [1.807, 2.05) is 30.5 Å². The second-order valence-corrected chi connectivity index (χ2v) is 3.97. The summed E-state index contributed by atoms with van der Waals surface area (Å²) < 4.78 is 7.44. The van der Waals surface area contributed by atoms with Gasteiger partial charge in [0.15, 0.2) is 17.0 Å². The fraction of sp³-hybridized carbons (Fsp3) is 0. The van der Waals surface area contributed by atoms with Crippen LogP contribution in [0.5, 0.6) is 0 Å². The molecule has 4 heterocycles. The molecule has 0 radical (unpaired) electrons. The van der Waals surface area contributed by atoms with Crippen molar-refractivity contribution in [2.75, 3.05) is 0 Å². The molecule has 5 heteroatoms. The number of furan rings is 1. The molecule has 86 valence electrons. The highest BCUT2D eigenvalue weighted by Gasteiger charge is 2.08. The largest absolute Gasteiger partial charge is 0.453 e. The highest BCUT2D eigenvalue weighted by atomic mass is 16.3. The van der Waals surface area contributed by atoms with Crippen molar-refractivity contribution < 1.29 is 4.42 Å². The smallest absolute Gasteiger partial charge is 0.155 e. The third-order valence-corrected chi connectivity index (χ3v) is 2.83. The Kier molecular flexibility index (Phi) is 1.77. The molecule has 0 atom stereocenters. The Balaban J connectivity index is 1.94. The zero-order valence-electron chi connectivity index (χ0n) is 9.32. The van der Waals surface area contributed by atoms with E-state index in [0.29, 0.717) is 0 Å². The number of aromatic nitrogens is 4. The SMILES string of the molecule is c1cc2cc(-c3ccc4nccn4n3)oc2cn1. The van der Waals surface area contributed by atoms with Crippen molar-refractivity contribution >= 4 is 16.6 Å². The average molecular weight is 236 g/mol. The molecule has 0 aliphatic carbocycles. The molecule has 0 saturated carbocycles. The second kappa shape index (κ2) is 3.40. The summed E-state index contributed by atoms with van der Waals surface area (Å²) in [4.78, 5) is 8.19. The summed E-state index contributed by atoms with van der Waals surface area (Å²) >= 11 is 0. The Morgan fingerprint density at radius 1 is 1.11 bits per heavy atom. The van der Waals surface area contributed by atoms with Crippen LogP contribution in [0.1, 0.15) is 0 Å². The van der Waals surface area contributed by atoms with Crippen molar-refractivity contribution in [2.24, 2.45) is 0 Å². The summed E-state index contributed by atoms with van der Waals surface area (Å²) in [6, 6.07) is 7.68. The molecule has 4 aromatic heterocycles. The number of imidazole rings is 1. The van der Waals surface area contributed by atoms with Gasteiger partial charge in [-0.2, -0.15) is 5.10 Å². The maximum absolute atomic E-state index is 5.72. The van der Waals surface area contributed by atoms with Crippen molar-refractivity contribution in [3.63, 3.8) is 0 Å². The molecule has 5 nitrogen and oxygen atoms in total. The summed E-state index contributed by atoms with van der Waals surface area (Å²) in [6.07, 6.45) is 6.97. The monoisotopic (exact) mass is 236 g/mol. The lowest BCUT2D eigenvalue weighted by molar-refractivity contribution is 0.624. The lowest BCUT2D eigenvalue weighted by Gasteiger charge is -1.96. The van der Waals surface area contributed by atoms with Gasteiger partial charge in [0.25, 0.3) is 0 Å². The number of pyridine rings is 1. The first kappa shape index (κ1) is 9.35. The van der Waals surface area contributed by atoms with Crippen LogP contribution in [0.25, 0.3) is 28.1 Å². The van der Waals surface area contributed by atoms with Crippen LogP contribution in [-0.4, -0.2) is 19.6 Å². The van der Waals surface area contributed by atoms with Crippen LogP contribution in [0, 0.1) is 0 Å². The van der Waals surface area contributed by atoms with Gasteiger partial charge in [-0.25, -0.2) is 9.50 Å². The standard InChI is InChI=1S/C13H8N4O/c1-2-13-15-5-6-17(13)16-10(1)11-7-9-3-4-14-8-12(9)18-11/h1-8H. The fourth-order valence-electron chi connectivity index (χ4n) is 1.96. The molecule has 0 aliphatic rings. The topological polar surface area (TPSA) is 56.2 Å². The van der Waals surface area contributed by atoms with Gasteiger partial charge in [0.1, 0.15) is 5.69 Å². The Morgan fingerprint density at radius 2 is 2.11 bits per heavy atom. The van der Waals surface area contributed by atoms with Crippen molar-refractivity contribution in [3.05, 3.63) is 49.1 Å². The van der Waals surface area contributed by atoms with Crippen molar-refractivity contribution in [1.29, 1.82) is 0 Å². The minimum Gasteiger partial charge on any atom is -0.453 e. The molecule has 0 spiro atoms. The quantitative estimate of drug-likeness (QED) is 0.509. The highest BCUT2D eigenvalue weighted by Crippen LogP contribution is 2.25. The molecule has 0 N–H and O–H groups in total. The van der Waals surface area contributed by atoms with Gasteiger partial charge in [-0.05, 0) is 24.3 Å². The van der Waals surface area contributed by atoms with Crippen LogP contribution in [0.3, 0.4) is 0 Å². The van der Waals surface area contributed by atoms with E-state index in [0.717, 1.165) is 28.1 Å². The summed E-state index contributed by atoms with van der Waals surface area (Å²) in [5.41, 5.74) is 2.35. The van der Waals surface area contributed by atoms with Gasteiger partial charge in [0.2, 0.25) is 0 Å². The van der Waals surface area contributed by atoms with Crippen molar-refractivity contribution in [1.82, 2.24) is 19.6 Å². The third kappa shape index (κ3) is 1.31. The van der Waals surface area contributed by atoms with E-state index >= 15 is 0 Å². The molecule has 4 aromatic rings. The predicted octanol–water partition coefficient (Wildman–Crippen LogP) is 2.54. The maximum Gasteiger partial charge on any atom is 0.155 e. The van der Waals surface area contributed by atoms with E-state index in [4.69, 9.17) is 4.42 Å².